The van der Waals surface area contributed by atoms with Crippen molar-refractivity contribution in [2.75, 3.05) is 12.4 Å². The molecule has 0 bridgehead atoms. The summed E-state index contributed by atoms with van der Waals surface area (Å²) in [6.45, 7) is -0.102. The van der Waals surface area contributed by atoms with E-state index in [2.05, 4.69) is 5.32 Å². The number of carbonyl (C=O) groups is 1. The Morgan fingerprint density at radius 2 is 2.28 bits per heavy atom. The summed E-state index contributed by atoms with van der Waals surface area (Å²) >= 11 is 0. The fourth-order valence-electron chi connectivity index (χ4n) is 2.15. The Balaban J connectivity index is 1.97. The van der Waals surface area contributed by atoms with Crippen molar-refractivity contribution in [2.45, 2.75) is 32.3 Å². The quantitative estimate of drug-likeness (QED) is 0.842. The van der Waals surface area contributed by atoms with Crippen LogP contribution in [0, 0.1) is 5.92 Å². The van der Waals surface area contributed by atoms with Gasteiger partial charge in [-0.1, -0.05) is 6.42 Å². The first-order valence-corrected chi connectivity index (χ1v) is 6.30. The Bertz CT molecular complexity index is 427. The SMILES string of the molecule is COc1ccc(NC(=O)CC2CCC2)cc1CO. The molecular formula is C14H19NO3. The number of carbonyl (C=O) groups excluding carboxylic acids is 1. The van der Waals surface area contributed by atoms with E-state index in [0.29, 0.717) is 29.3 Å². The van der Waals surface area contributed by atoms with Crippen molar-refractivity contribution in [3.63, 3.8) is 0 Å². The van der Waals surface area contributed by atoms with Crippen LogP contribution in [0.25, 0.3) is 0 Å². The van der Waals surface area contributed by atoms with Gasteiger partial charge in [-0.15, -0.1) is 0 Å². The molecule has 4 nitrogen and oxygen atoms in total. The summed E-state index contributed by atoms with van der Waals surface area (Å²) in [7, 11) is 1.56. The predicted molar refractivity (Wildman–Crippen MR) is 69.5 cm³/mol. The molecule has 0 spiro atoms. The summed E-state index contributed by atoms with van der Waals surface area (Å²) < 4.78 is 5.11. The number of aliphatic hydroxyl groups is 1. The molecule has 0 aliphatic heterocycles. The molecule has 1 aromatic rings. The van der Waals surface area contributed by atoms with E-state index in [-0.39, 0.29) is 12.5 Å². The topological polar surface area (TPSA) is 58.6 Å². The first-order chi connectivity index (χ1) is 8.72. The van der Waals surface area contributed by atoms with Crippen LogP contribution in [-0.4, -0.2) is 18.1 Å². The zero-order chi connectivity index (χ0) is 13.0. The minimum absolute atomic E-state index is 0.0498. The molecule has 1 fully saturated rings. The van der Waals surface area contributed by atoms with Gasteiger partial charge in [-0.2, -0.15) is 0 Å². The zero-order valence-electron chi connectivity index (χ0n) is 10.6. The van der Waals surface area contributed by atoms with Gasteiger partial charge in [-0.05, 0) is 37.0 Å². The third-order valence-electron chi connectivity index (χ3n) is 3.43. The summed E-state index contributed by atoms with van der Waals surface area (Å²) in [5.74, 6) is 1.24. The van der Waals surface area contributed by atoms with Gasteiger partial charge >= 0.3 is 0 Å². The Morgan fingerprint density at radius 1 is 1.50 bits per heavy atom. The Hall–Kier alpha value is -1.55. The van der Waals surface area contributed by atoms with Crippen molar-refractivity contribution < 1.29 is 14.6 Å². The normalized spacial score (nSPS) is 15.0. The van der Waals surface area contributed by atoms with Crippen LogP contribution in [0.3, 0.4) is 0 Å². The standard InChI is InChI=1S/C14H19NO3/c1-18-13-6-5-12(8-11(13)9-16)15-14(17)7-10-3-2-4-10/h5-6,8,10,16H,2-4,7,9H2,1H3,(H,15,17). The molecule has 0 radical (unpaired) electrons. The van der Waals surface area contributed by atoms with Gasteiger partial charge in [0.2, 0.25) is 5.91 Å². The second-order valence-electron chi connectivity index (χ2n) is 4.73. The van der Waals surface area contributed by atoms with E-state index in [9.17, 15) is 9.90 Å². The maximum absolute atomic E-state index is 11.8. The van der Waals surface area contributed by atoms with E-state index in [0.717, 1.165) is 12.8 Å². The monoisotopic (exact) mass is 249 g/mol. The van der Waals surface area contributed by atoms with Crippen LogP contribution in [0.5, 0.6) is 5.75 Å². The number of anilines is 1. The number of amides is 1. The lowest BCUT2D eigenvalue weighted by Gasteiger charge is -2.24. The number of ether oxygens (including phenoxy) is 1. The van der Waals surface area contributed by atoms with Crippen LogP contribution in [0.4, 0.5) is 5.69 Å². The van der Waals surface area contributed by atoms with Gasteiger partial charge in [0, 0.05) is 17.7 Å². The molecule has 0 saturated heterocycles. The number of rotatable bonds is 5. The van der Waals surface area contributed by atoms with Crippen molar-refractivity contribution in [1.29, 1.82) is 0 Å². The fourth-order valence-corrected chi connectivity index (χ4v) is 2.15. The van der Waals surface area contributed by atoms with Gasteiger partial charge in [0.15, 0.2) is 0 Å². The van der Waals surface area contributed by atoms with Gasteiger partial charge in [0.05, 0.1) is 13.7 Å². The van der Waals surface area contributed by atoms with Crippen LogP contribution in [-0.2, 0) is 11.4 Å². The van der Waals surface area contributed by atoms with Crippen molar-refractivity contribution in [3.8, 4) is 5.75 Å². The number of methoxy groups -OCH3 is 1. The molecule has 0 aromatic heterocycles. The molecular weight excluding hydrogens is 230 g/mol. The largest absolute Gasteiger partial charge is 0.496 e. The van der Waals surface area contributed by atoms with Crippen molar-refractivity contribution in [2.24, 2.45) is 5.92 Å². The highest BCUT2D eigenvalue weighted by Crippen LogP contribution is 2.30. The fraction of sp³-hybridized carbons (Fsp3) is 0.500. The lowest BCUT2D eigenvalue weighted by molar-refractivity contribution is -0.117. The number of aliphatic hydroxyl groups excluding tert-OH is 1. The van der Waals surface area contributed by atoms with Gasteiger partial charge in [-0.3, -0.25) is 4.79 Å². The zero-order valence-corrected chi connectivity index (χ0v) is 10.6. The number of hydrogen-bond acceptors (Lipinski definition) is 3. The molecule has 1 aliphatic carbocycles. The summed E-state index contributed by atoms with van der Waals surface area (Å²) in [5, 5.41) is 12.1. The maximum Gasteiger partial charge on any atom is 0.224 e. The average molecular weight is 249 g/mol. The van der Waals surface area contributed by atoms with Crippen LogP contribution in [0.2, 0.25) is 0 Å². The summed E-state index contributed by atoms with van der Waals surface area (Å²) in [6, 6.07) is 5.29. The lowest BCUT2D eigenvalue weighted by Crippen LogP contribution is -2.20. The van der Waals surface area contributed by atoms with Gasteiger partial charge in [0.1, 0.15) is 5.75 Å². The van der Waals surface area contributed by atoms with E-state index in [1.807, 2.05) is 0 Å². The first kappa shape index (κ1) is 12.9. The van der Waals surface area contributed by atoms with E-state index < -0.39 is 0 Å². The lowest BCUT2D eigenvalue weighted by atomic mass is 9.83. The van der Waals surface area contributed by atoms with Crippen molar-refractivity contribution >= 4 is 11.6 Å². The maximum atomic E-state index is 11.8. The summed E-state index contributed by atoms with van der Waals surface area (Å²) in [5.41, 5.74) is 1.39. The Kier molecular flexibility index (Phi) is 4.20. The highest BCUT2D eigenvalue weighted by Gasteiger charge is 2.20. The second-order valence-corrected chi connectivity index (χ2v) is 4.73. The van der Waals surface area contributed by atoms with Crippen molar-refractivity contribution in [3.05, 3.63) is 23.8 Å². The molecule has 2 rings (SSSR count). The highest BCUT2D eigenvalue weighted by molar-refractivity contribution is 5.91. The number of benzene rings is 1. The van der Waals surface area contributed by atoms with E-state index >= 15 is 0 Å². The van der Waals surface area contributed by atoms with Crippen LogP contribution < -0.4 is 10.1 Å². The highest BCUT2D eigenvalue weighted by atomic mass is 16.5. The molecule has 4 heteroatoms. The van der Waals surface area contributed by atoms with Gasteiger partial charge < -0.3 is 15.2 Å². The third kappa shape index (κ3) is 3.01. The third-order valence-corrected chi connectivity index (χ3v) is 3.43. The smallest absolute Gasteiger partial charge is 0.224 e. The Labute approximate surface area is 107 Å². The van der Waals surface area contributed by atoms with E-state index in [4.69, 9.17) is 4.74 Å². The van der Waals surface area contributed by atoms with Crippen molar-refractivity contribution in [1.82, 2.24) is 0 Å². The molecule has 1 aliphatic rings. The molecule has 1 aromatic carbocycles. The van der Waals surface area contributed by atoms with Crippen LogP contribution in [0.1, 0.15) is 31.2 Å². The second kappa shape index (κ2) is 5.87. The van der Waals surface area contributed by atoms with E-state index in [1.54, 1.807) is 25.3 Å². The molecule has 0 unspecified atom stereocenters. The molecule has 18 heavy (non-hydrogen) atoms. The Morgan fingerprint density at radius 3 is 2.83 bits per heavy atom. The van der Waals surface area contributed by atoms with Gasteiger partial charge in [-0.25, -0.2) is 0 Å². The minimum Gasteiger partial charge on any atom is -0.496 e. The molecule has 1 amide bonds. The first-order valence-electron chi connectivity index (χ1n) is 6.30. The molecule has 1 saturated carbocycles. The average Bonchev–Trinajstić information content (AvgIpc) is 2.33. The molecule has 0 atom stereocenters. The predicted octanol–water partition coefficient (Wildman–Crippen LogP) is 2.32. The molecule has 2 N–H and O–H groups in total. The van der Waals surface area contributed by atoms with Crippen LogP contribution in [0.15, 0.2) is 18.2 Å². The summed E-state index contributed by atoms with van der Waals surface area (Å²) in [4.78, 5) is 11.8. The minimum atomic E-state index is -0.102. The number of hydrogen-bond donors (Lipinski definition) is 2. The summed E-state index contributed by atoms with van der Waals surface area (Å²) in [6.07, 6.45) is 4.17. The molecule has 98 valence electrons. The molecule has 0 heterocycles. The van der Waals surface area contributed by atoms with Crippen LogP contribution >= 0.6 is 0 Å². The van der Waals surface area contributed by atoms with Gasteiger partial charge in [0.25, 0.3) is 0 Å². The number of nitrogens with one attached hydrogen (secondary N) is 1. The van der Waals surface area contributed by atoms with E-state index in [1.165, 1.54) is 6.42 Å².